The largest absolute Gasteiger partial charge is 0.465 e. The second-order valence-corrected chi connectivity index (χ2v) is 5.71. The van der Waals surface area contributed by atoms with Crippen LogP contribution in [0.2, 0.25) is 0 Å². The lowest BCUT2D eigenvalue weighted by Crippen LogP contribution is -2.37. The van der Waals surface area contributed by atoms with Crippen molar-refractivity contribution in [2.75, 3.05) is 32.7 Å². The Morgan fingerprint density at radius 1 is 1.41 bits per heavy atom. The first kappa shape index (κ1) is 18.4. The Kier molecular flexibility index (Phi) is 8.50. The van der Waals surface area contributed by atoms with E-state index in [2.05, 4.69) is 21.9 Å². The van der Waals surface area contributed by atoms with Gasteiger partial charge in [0.1, 0.15) is 17.1 Å². The van der Waals surface area contributed by atoms with Crippen LogP contribution in [0.1, 0.15) is 34.7 Å². The van der Waals surface area contributed by atoms with Gasteiger partial charge in [-0.05, 0) is 37.8 Å². The lowest BCUT2D eigenvalue weighted by molar-refractivity contribution is 0.0599. The fourth-order valence-corrected chi connectivity index (χ4v) is 2.41. The third-order valence-electron chi connectivity index (χ3n) is 3.10. The highest BCUT2D eigenvalue weighted by atomic mass is 32.2. The zero-order valence-corrected chi connectivity index (χ0v) is 14.5. The number of hydrogen-bond acceptors (Lipinski definition) is 5. The average Bonchev–Trinajstić information content (AvgIpc) is 2.90. The van der Waals surface area contributed by atoms with Crippen molar-refractivity contribution in [1.82, 2.24) is 10.6 Å². The van der Waals surface area contributed by atoms with Crippen LogP contribution in [-0.2, 0) is 11.3 Å². The summed E-state index contributed by atoms with van der Waals surface area (Å²) < 4.78 is 10.2. The number of carbonyl (C=O) groups excluding carboxylic acids is 1. The van der Waals surface area contributed by atoms with E-state index in [4.69, 9.17) is 9.15 Å². The SMILES string of the molecule is CN=C(NCCCCSC)NCc1cc(C(=O)OC)c(C)o1. The molecule has 0 saturated carbocycles. The number of unbranched alkanes of at least 4 members (excludes halogenated alkanes) is 1. The summed E-state index contributed by atoms with van der Waals surface area (Å²) in [5.74, 6) is 2.74. The highest BCUT2D eigenvalue weighted by molar-refractivity contribution is 7.98. The standard InChI is InChI=1S/C15H25N3O3S/c1-11-13(14(19)20-3)9-12(21-11)10-18-15(16-2)17-7-5-6-8-22-4/h9H,5-8,10H2,1-4H3,(H2,16,17,18). The molecule has 0 fully saturated rings. The highest BCUT2D eigenvalue weighted by Crippen LogP contribution is 2.15. The summed E-state index contributed by atoms with van der Waals surface area (Å²) in [5, 5.41) is 6.41. The number of hydrogen-bond donors (Lipinski definition) is 2. The van der Waals surface area contributed by atoms with E-state index in [-0.39, 0.29) is 5.97 Å². The summed E-state index contributed by atoms with van der Waals surface area (Å²) in [6, 6.07) is 1.69. The molecule has 124 valence electrons. The molecule has 2 N–H and O–H groups in total. The number of aryl methyl sites for hydroxylation is 1. The number of nitrogens with zero attached hydrogens (tertiary/aromatic N) is 1. The third-order valence-corrected chi connectivity index (χ3v) is 3.79. The molecule has 0 bridgehead atoms. The van der Waals surface area contributed by atoms with E-state index >= 15 is 0 Å². The number of ether oxygens (including phenoxy) is 1. The minimum atomic E-state index is -0.385. The molecule has 1 aromatic rings. The molecule has 0 unspecified atom stereocenters. The predicted octanol–water partition coefficient (Wildman–Crippen LogP) is 2.18. The van der Waals surface area contributed by atoms with Crippen LogP contribution in [0.5, 0.6) is 0 Å². The number of guanidine groups is 1. The van der Waals surface area contributed by atoms with Gasteiger partial charge in [-0.3, -0.25) is 4.99 Å². The molecular weight excluding hydrogens is 302 g/mol. The van der Waals surface area contributed by atoms with Gasteiger partial charge in [-0.1, -0.05) is 0 Å². The Morgan fingerprint density at radius 2 is 2.18 bits per heavy atom. The van der Waals surface area contributed by atoms with Gasteiger partial charge in [0.2, 0.25) is 0 Å². The highest BCUT2D eigenvalue weighted by Gasteiger charge is 2.15. The molecule has 6 nitrogen and oxygen atoms in total. The maximum atomic E-state index is 11.5. The number of rotatable bonds is 8. The molecule has 1 rings (SSSR count). The van der Waals surface area contributed by atoms with Gasteiger partial charge in [-0.2, -0.15) is 11.8 Å². The lowest BCUT2D eigenvalue weighted by atomic mass is 10.2. The number of carbonyl (C=O) groups is 1. The first-order valence-electron chi connectivity index (χ1n) is 7.23. The molecule has 0 aliphatic heterocycles. The number of thioether (sulfide) groups is 1. The third kappa shape index (κ3) is 6.01. The molecule has 0 aliphatic rings. The first-order chi connectivity index (χ1) is 10.6. The van der Waals surface area contributed by atoms with Crippen LogP contribution in [0.4, 0.5) is 0 Å². The predicted molar refractivity (Wildman–Crippen MR) is 90.6 cm³/mol. The lowest BCUT2D eigenvalue weighted by Gasteiger charge is -2.10. The molecule has 0 spiro atoms. The van der Waals surface area contributed by atoms with Crippen molar-refractivity contribution in [2.24, 2.45) is 4.99 Å². The van der Waals surface area contributed by atoms with Crippen molar-refractivity contribution < 1.29 is 13.9 Å². The zero-order valence-electron chi connectivity index (χ0n) is 13.7. The summed E-state index contributed by atoms with van der Waals surface area (Å²) in [5.41, 5.74) is 0.458. The molecule has 0 aromatic carbocycles. The second kappa shape index (κ2) is 10.2. The quantitative estimate of drug-likeness (QED) is 0.330. The summed E-state index contributed by atoms with van der Waals surface area (Å²) in [6.07, 6.45) is 4.40. The Bertz CT molecular complexity index is 500. The minimum Gasteiger partial charge on any atom is -0.465 e. The van der Waals surface area contributed by atoms with Crippen LogP contribution in [0.15, 0.2) is 15.5 Å². The van der Waals surface area contributed by atoms with Crippen LogP contribution >= 0.6 is 11.8 Å². The summed E-state index contributed by atoms with van der Waals surface area (Å²) >= 11 is 1.86. The van der Waals surface area contributed by atoms with Gasteiger partial charge in [0.15, 0.2) is 5.96 Å². The van der Waals surface area contributed by atoms with Gasteiger partial charge < -0.3 is 19.8 Å². The van der Waals surface area contributed by atoms with Gasteiger partial charge in [-0.25, -0.2) is 4.79 Å². The van der Waals surface area contributed by atoms with Crippen LogP contribution < -0.4 is 10.6 Å². The van der Waals surface area contributed by atoms with Gasteiger partial charge in [-0.15, -0.1) is 0 Å². The molecule has 1 heterocycles. The Balaban J connectivity index is 2.42. The van der Waals surface area contributed by atoms with Crippen molar-refractivity contribution in [3.63, 3.8) is 0 Å². The van der Waals surface area contributed by atoms with Crippen LogP contribution in [-0.4, -0.2) is 44.6 Å². The van der Waals surface area contributed by atoms with E-state index in [1.807, 2.05) is 11.8 Å². The maximum absolute atomic E-state index is 11.5. The first-order valence-corrected chi connectivity index (χ1v) is 8.62. The Labute approximate surface area is 136 Å². The van der Waals surface area contributed by atoms with Crippen LogP contribution in [0.3, 0.4) is 0 Å². The normalized spacial score (nSPS) is 11.4. The van der Waals surface area contributed by atoms with Gasteiger partial charge in [0, 0.05) is 13.6 Å². The number of esters is 1. The maximum Gasteiger partial charge on any atom is 0.341 e. The van der Waals surface area contributed by atoms with Crippen molar-refractivity contribution in [3.05, 3.63) is 23.2 Å². The second-order valence-electron chi connectivity index (χ2n) is 4.73. The molecule has 0 radical (unpaired) electrons. The summed E-state index contributed by atoms with van der Waals surface area (Å²) in [7, 11) is 3.08. The Hall–Kier alpha value is -1.63. The summed E-state index contributed by atoms with van der Waals surface area (Å²) in [6.45, 7) is 3.09. The molecule has 7 heteroatoms. The van der Waals surface area contributed by atoms with Crippen LogP contribution in [0.25, 0.3) is 0 Å². The fraction of sp³-hybridized carbons (Fsp3) is 0.600. The number of furan rings is 1. The minimum absolute atomic E-state index is 0.385. The van der Waals surface area contributed by atoms with Crippen LogP contribution in [0, 0.1) is 6.92 Å². The van der Waals surface area contributed by atoms with Gasteiger partial charge >= 0.3 is 5.97 Å². The summed E-state index contributed by atoms with van der Waals surface area (Å²) in [4.78, 5) is 15.7. The smallest absolute Gasteiger partial charge is 0.341 e. The van der Waals surface area contributed by atoms with Gasteiger partial charge in [0.05, 0.1) is 13.7 Å². The van der Waals surface area contributed by atoms with Crippen molar-refractivity contribution >= 4 is 23.7 Å². The Morgan fingerprint density at radius 3 is 2.82 bits per heavy atom. The average molecular weight is 327 g/mol. The van der Waals surface area contributed by atoms with Gasteiger partial charge in [0.25, 0.3) is 0 Å². The van der Waals surface area contributed by atoms with Crippen molar-refractivity contribution in [2.45, 2.75) is 26.3 Å². The molecular formula is C15H25N3O3S. The fourth-order valence-electron chi connectivity index (χ4n) is 1.91. The molecule has 0 aliphatic carbocycles. The number of methoxy groups -OCH3 is 1. The monoisotopic (exact) mass is 327 g/mol. The van der Waals surface area contributed by atoms with E-state index in [0.717, 1.165) is 18.9 Å². The van der Waals surface area contributed by atoms with Crippen molar-refractivity contribution in [1.29, 1.82) is 0 Å². The van der Waals surface area contributed by atoms with E-state index in [1.54, 1.807) is 20.0 Å². The molecule has 0 amide bonds. The van der Waals surface area contributed by atoms with E-state index in [9.17, 15) is 4.79 Å². The van der Waals surface area contributed by atoms with E-state index in [0.29, 0.717) is 23.6 Å². The number of nitrogens with one attached hydrogen (secondary N) is 2. The number of aliphatic imine (C=N–C) groups is 1. The van der Waals surface area contributed by atoms with E-state index < -0.39 is 0 Å². The molecule has 0 atom stereocenters. The topological polar surface area (TPSA) is 75.9 Å². The van der Waals surface area contributed by atoms with E-state index in [1.165, 1.54) is 19.3 Å². The molecule has 1 aromatic heterocycles. The zero-order chi connectivity index (χ0) is 16.4. The molecule has 22 heavy (non-hydrogen) atoms. The molecule has 0 saturated heterocycles. The van der Waals surface area contributed by atoms with Crippen molar-refractivity contribution in [3.8, 4) is 0 Å².